The Morgan fingerprint density at radius 2 is 2.33 bits per heavy atom. The molecule has 0 atom stereocenters. The van der Waals surface area contributed by atoms with E-state index in [1.165, 1.54) is 0 Å². The molecule has 2 N–H and O–H groups in total. The number of aromatic nitrogens is 3. The molecule has 0 aliphatic carbocycles. The smallest absolute Gasteiger partial charge is 0.164 e. The van der Waals surface area contributed by atoms with Crippen LogP contribution in [0, 0.1) is 0 Å². The molecule has 78 valence electrons. The van der Waals surface area contributed by atoms with Crippen LogP contribution in [-0.4, -0.2) is 14.8 Å². The molecule has 0 aromatic carbocycles. The summed E-state index contributed by atoms with van der Waals surface area (Å²) in [4.78, 5) is 3.98. The Morgan fingerprint density at radius 1 is 1.53 bits per heavy atom. The summed E-state index contributed by atoms with van der Waals surface area (Å²) < 4.78 is 2.63. The van der Waals surface area contributed by atoms with Gasteiger partial charge in [-0.1, -0.05) is 11.6 Å². The van der Waals surface area contributed by atoms with Crippen molar-refractivity contribution in [2.24, 2.45) is 0 Å². The highest BCUT2D eigenvalue weighted by Crippen LogP contribution is 2.19. The molecule has 0 saturated heterocycles. The van der Waals surface area contributed by atoms with Gasteiger partial charge in [-0.05, 0) is 27.6 Å². The number of nitrogens with two attached hydrogens (primary N) is 1. The quantitative estimate of drug-likeness (QED) is 0.922. The third-order valence-electron chi connectivity index (χ3n) is 1.93. The number of pyridine rings is 1. The lowest BCUT2D eigenvalue weighted by Crippen LogP contribution is -2.01. The second kappa shape index (κ2) is 4.20. The van der Waals surface area contributed by atoms with Crippen molar-refractivity contribution in [1.29, 1.82) is 0 Å². The Hall–Kier alpha value is -1.07. The summed E-state index contributed by atoms with van der Waals surface area (Å²) >= 11 is 9.21. The van der Waals surface area contributed by atoms with E-state index in [1.54, 1.807) is 23.3 Å². The Labute approximate surface area is 100 Å². The third-order valence-corrected chi connectivity index (χ3v) is 2.94. The van der Waals surface area contributed by atoms with Gasteiger partial charge in [-0.25, -0.2) is 0 Å². The van der Waals surface area contributed by atoms with Gasteiger partial charge in [0.2, 0.25) is 0 Å². The van der Waals surface area contributed by atoms with Gasteiger partial charge in [-0.2, -0.15) is 5.10 Å². The molecule has 0 aliphatic heterocycles. The fraction of sp³-hybridized carbons (Fsp3) is 0.111. The van der Waals surface area contributed by atoms with E-state index in [0.717, 1.165) is 10.0 Å². The first kappa shape index (κ1) is 10.4. The van der Waals surface area contributed by atoms with Crippen LogP contribution in [-0.2, 0) is 6.54 Å². The van der Waals surface area contributed by atoms with Crippen LogP contribution in [0.3, 0.4) is 0 Å². The lowest BCUT2D eigenvalue weighted by atomic mass is 10.3. The first-order chi connectivity index (χ1) is 7.16. The summed E-state index contributed by atoms with van der Waals surface area (Å²) in [6.45, 7) is 0.611. The highest BCUT2D eigenvalue weighted by Gasteiger charge is 2.05. The second-order valence-corrected chi connectivity index (χ2v) is 4.29. The van der Waals surface area contributed by atoms with E-state index < -0.39 is 0 Å². The molecular weight excluding hydrogens is 279 g/mol. The maximum Gasteiger partial charge on any atom is 0.164 e. The van der Waals surface area contributed by atoms with Gasteiger partial charge in [0.05, 0.1) is 6.54 Å². The number of nitrogen functional groups attached to an aromatic ring is 1. The fourth-order valence-electron chi connectivity index (χ4n) is 1.20. The summed E-state index contributed by atoms with van der Waals surface area (Å²) in [5.74, 6) is 0.349. The first-order valence-corrected chi connectivity index (χ1v) is 5.40. The van der Waals surface area contributed by atoms with E-state index in [1.807, 2.05) is 6.07 Å². The standard InChI is InChI=1S/C9H8BrClN4/c10-7-3-13-2-1-6(7)4-15-5-8(11)9(12)14-15/h1-3,5H,4H2,(H2,12,14). The molecule has 0 bridgehead atoms. The summed E-state index contributed by atoms with van der Waals surface area (Å²) in [6, 6.07) is 1.91. The molecule has 0 spiro atoms. The van der Waals surface area contributed by atoms with Crippen LogP contribution in [0.5, 0.6) is 0 Å². The molecule has 6 heteroatoms. The molecule has 2 rings (SSSR count). The van der Waals surface area contributed by atoms with Crippen LogP contribution < -0.4 is 5.73 Å². The topological polar surface area (TPSA) is 56.7 Å². The molecule has 0 saturated carbocycles. The highest BCUT2D eigenvalue weighted by molar-refractivity contribution is 9.10. The van der Waals surface area contributed by atoms with E-state index in [2.05, 4.69) is 26.0 Å². The molecule has 4 nitrogen and oxygen atoms in total. The van der Waals surface area contributed by atoms with Gasteiger partial charge in [0, 0.05) is 23.1 Å². The number of hydrogen-bond donors (Lipinski definition) is 1. The lowest BCUT2D eigenvalue weighted by Gasteiger charge is -2.03. The van der Waals surface area contributed by atoms with Crippen molar-refractivity contribution in [3.8, 4) is 0 Å². The van der Waals surface area contributed by atoms with Crippen LogP contribution >= 0.6 is 27.5 Å². The Kier molecular flexibility index (Phi) is 2.93. The molecule has 0 fully saturated rings. The van der Waals surface area contributed by atoms with E-state index in [9.17, 15) is 0 Å². The third kappa shape index (κ3) is 2.30. The molecule has 0 radical (unpaired) electrons. The van der Waals surface area contributed by atoms with Crippen molar-refractivity contribution < 1.29 is 0 Å². The van der Waals surface area contributed by atoms with Gasteiger partial charge in [0.15, 0.2) is 5.82 Å². The second-order valence-electron chi connectivity index (χ2n) is 3.03. The number of halogens is 2. The SMILES string of the molecule is Nc1nn(Cc2ccncc2Br)cc1Cl. The minimum atomic E-state index is 0.349. The van der Waals surface area contributed by atoms with Gasteiger partial charge in [0.25, 0.3) is 0 Å². The largest absolute Gasteiger partial charge is 0.381 e. The van der Waals surface area contributed by atoms with Crippen molar-refractivity contribution >= 4 is 33.3 Å². The fourth-order valence-corrected chi connectivity index (χ4v) is 1.73. The minimum absolute atomic E-state index is 0.349. The number of hydrogen-bond acceptors (Lipinski definition) is 3. The molecule has 0 amide bonds. The van der Waals surface area contributed by atoms with Gasteiger partial charge in [0.1, 0.15) is 5.02 Å². The Balaban J connectivity index is 2.26. The van der Waals surface area contributed by atoms with E-state index in [-0.39, 0.29) is 0 Å². The average molecular weight is 288 g/mol. The zero-order chi connectivity index (χ0) is 10.8. The van der Waals surface area contributed by atoms with Crippen molar-refractivity contribution in [2.45, 2.75) is 6.54 Å². The molecular formula is C9H8BrClN4. The predicted octanol–water partition coefficient (Wildman–Crippen LogP) is 2.32. The predicted molar refractivity (Wildman–Crippen MR) is 62.7 cm³/mol. The van der Waals surface area contributed by atoms with Crippen LogP contribution in [0.4, 0.5) is 5.82 Å². The molecule has 2 aromatic rings. The van der Waals surface area contributed by atoms with Gasteiger partial charge in [-0.15, -0.1) is 0 Å². The van der Waals surface area contributed by atoms with Crippen molar-refractivity contribution in [3.63, 3.8) is 0 Å². The van der Waals surface area contributed by atoms with Gasteiger partial charge in [-0.3, -0.25) is 9.67 Å². The van der Waals surface area contributed by atoms with Crippen molar-refractivity contribution in [3.05, 3.63) is 39.7 Å². The number of rotatable bonds is 2. The molecule has 2 heterocycles. The number of nitrogens with zero attached hydrogens (tertiary/aromatic N) is 3. The monoisotopic (exact) mass is 286 g/mol. The molecule has 0 unspecified atom stereocenters. The Morgan fingerprint density at radius 3 is 2.93 bits per heavy atom. The average Bonchev–Trinajstić information content (AvgIpc) is 2.50. The molecule has 2 aromatic heterocycles. The Bertz CT molecular complexity index is 463. The van der Waals surface area contributed by atoms with Crippen LogP contribution in [0.2, 0.25) is 5.02 Å². The van der Waals surface area contributed by atoms with Crippen LogP contribution in [0.25, 0.3) is 0 Å². The normalized spacial score (nSPS) is 10.5. The van der Waals surface area contributed by atoms with Crippen molar-refractivity contribution in [1.82, 2.24) is 14.8 Å². The van der Waals surface area contributed by atoms with E-state index in [4.69, 9.17) is 17.3 Å². The maximum absolute atomic E-state index is 5.80. The number of anilines is 1. The highest BCUT2D eigenvalue weighted by atomic mass is 79.9. The minimum Gasteiger partial charge on any atom is -0.381 e. The zero-order valence-corrected chi connectivity index (χ0v) is 10.0. The summed E-state index contributed by atoms with van der Waals surface area (Å²) in [5, 5.41) is 4.54. The summed E-state index contributed by atoms with van der Waals surface area (Å²) in [5.41, 5.74) is 6.62. The van der Waals surface area contributed by atoms with E-state index in [0.29, 0.717) is 17.4 Å². The first-order valence-electron chi connectivity index (χ1n) is 4.23. The lowest BCUT2D eigenvalue weighted by molar-refractivity contribution is 0.687. The van der Waals surface area contributed by atoms with Gasteiger partial charge >= 0.3 is 0 Å². The van der Waals surface area contributed by atoms with Gasteiger partial charge < -0.3 is 5.73 Å². The van der Waals surface area contributed by atoms with Crippen molar-refractivity contribution in [2.75, 3.05) is 5.73 Å². The van der Waals surface area contributed by atoms with Crippen LogP contribution in [0.15, 0.2) is 29.1 Å². The van der Waals surface area contributed by atoms with Crippen LogP contribution in [0.1, 0.15) is 5.56 Å². The summed E-state index contributed by atoms with van der Waals surface area (Å²) in [7, 11) is 0. The maximum atomic E-state index is 5.80. The molecule has 0 aliphatic rings. The zero-order valence-electron chi connectivity index (χ0n) is 7.69. The van der Waals surface area contributed by atoms with E-state index >= 15 is 0 Å². The summed E-state index contributed by atoms with van der Waals surface area (Å²) in [6.07, 6.45) is 5.17. The molecule has 15 heavy (non-hydrogen) atoms.